The van der Waals surface area contributed by atoms with E-state index in [1.54, 1.807) is 12.2 Å². The van der Waals surface area contributed by atoms with Gasteiger partial charge in [0.05, 0.1) is 0 Å². The molecule has 0 aliphatic rings. The molecule has 2 nitrogen and oxygen atoms in total. The van der Waals surface area contributed by atoms with Crippen LogP contribution in [0.5, 0.6) is 0 Å². The molecule has 0 aromatic heterocycles. The van der Waals surface area contributed by atoms with Gasteiger partial charge in [0.2, 0.25) is 0 Å². The molecule has 0 aliphatic carbocycles. The number of nitrogens with two attached hydrogens (primary N) is 1. The first-order valence-electron chi connectivity index (χ1n) is 3.02. The number of hydrogen-bond acceptors (Lipinski definition) is 3. The first-order chi connectivity index (χ1) is 5.12. The molecule has 0 heterocycles. The van der Waals surface area contributed by atoms with Crippen LogP contribution in [0, 0.1) is 0 Å². The first-order valence-corrected chi connectivity index (χ1v) is 7.97. The monoisotopic (exact) mass is 209 g/mol. The summed E-state index contributed by atoms with van der Waals surface area (Å²) in [4.78, 5) is 0. The molecule has 0 aromatic carbocycles. The molecule has 5 heteroatoms. The van der Waals surface area contributed by atoms with E-state index in [-0.39, 0.29) is 0 Å². The Labute approximate surface area is 75.6 Å². The minimum Gasteiger partial charge on any atom is -0.283 e. The maximum Gasteiger partial charge on any atom is 0.252 e. The minimum absolute atomic E-state index is 0.637. The van der Waals surface area contributed by atoms with Crippen LogP contribution in [0.4, 0.5) is 0 Å². The highest BCUT2D eigenvalue weighted by atomic mass is 33.1. The van der Waals surface area contributed by atoms with Crippen LogP contribution in [0.3, 0.4) is 0 Å². The van der Waals surface area contributed by atoms with Crippen molar-refractivity contribution in [2.75, 3.05) is 11.5 Å². The average molecular weight is 209 g/mol. The van der Waals surface area contributed by atoms with Crippen LogP contribution in [-0.2, 0) is 4.57 Å². The fourth-order valence-corrected chi connectivity index (χ4v) is 4.92. The van der Waals surface area contributed by atoms with Crippen LogP contribution >= 0.6 is 28.5 Å². The van der Waals surface area contributed by atoms with E-state index < -0.39 is 5.70 Å². The van der Waals surface area contributed by atoms with Crippen LogP contribution in [0.2, 0.25) is 0 Å². The van der Waals surface area contributed by atoms with Crippen molar-refractivity contribution in [2.45, 2.75) is 0 Å². The molecule has 0 aromatic rings. The largest absolute Gasteiger partial charge is 0.283 e. The predicted octanol–water partition coefficient (Wildman–Crippen LogP) is 2.89. The molecule has 64 valence electrons. The summed E-state index contributed by atoms with van der Waals surface area (Å²) in [6.45, 7) is 7.03. The molecule has 0 saturated carbocycles. The lowest BCUT2D eigenvalue weighted by atomic mass is 10.8. The average Bonchev–Trinajstić information content (AvgIpc) is 1.97. The quantitative estimate of drug-likeness (QED) is 0.539. The van der Waals surface area contributed by atoms with Gasteiger partial charge in [0.1, 0.15) is 0 Å². The van der Waals surface area contributed by atoms with Gasteiger partial charge < -0.3 is 0 Å². The van der Waals surface area contributed by atoms with Crippen molar-refractivity contribution in [2.24, 2.45) is 5.50 Å². The van der Waals surface area contributed by atoms with Crippen LogP contribution in [0.25, 0.3) is 0 Å². The summed E-state index contributed by atoms with van der Waals surface area (Å²) in [5.74, 6) is 1.27. The van der Waals surface area contributed by atoms with E-state index in [4.69, 9.17) is 5.50 Å². The van der Waals surface area contributed by atoms with Crippen LogP contribution in [0.1, 0.15) is 0 Å². The molecule has 0 spiro atoms. The Morgan fingerprint density at radius 2 is 1.64 bits per heavy atom. The van der Waals surface area contributed by atoms with E-state index in [0.29, 0.717) is 11.5 Å². The number of hydrogen-bond donors (Lipinski definition) is 1. The predicted molar refractivity (Wildman–Crippen MR) is 57.1 cm³/mol. The molecule has 11 heavy (non-hydrogen) atoms. The Morgan fingerprint density at radius 3 is 1.91 bits per heavy atom. The van der Waals surface area contributed by atoms with Crippen molar-refractivity contribution in [1.29, 1.82) is 0 Å². The second kappa shape index (κ2) is 5.95. The molecule has 0 atom stereocenters. The second-order valence-corrected chi connectivity index (χ2v) is 9.47. The van der Waals surface area contributed by atoms with Crippen molar-refractivity contribution < 1.29 is 4.57 Å². The summed E-state index contributed by atoms with van der Waals surface area (Å²) in [5.41, 5.74) is 2.94. The summed E-state index contributed by atoms with van der Waals surface area (Å²) in [7, 11) is 0. The summed E-state index contributed by atoms with van der Waals surface area (Å²) in [6, 6.07) is 0. The Morgan fingerprint density at radius 1 is 1.27 bits per heavy atom. The van der Waals surface area contributed by atoms with Crippen molar-refractivity contribution >= 4 is 28.5 Å². The SMILES string of the molecule is C=CCSP(N)(=O)SCC=C. The van der Waals surface area contributed by atoms with Crippen LogP contribution in [0.15, 0.2) is 25.3 Å². The fraction of sp³-hybridized carbons (Fsp3) is 0.333. The van der Waals surface area contributed by atoms with Gasteiger partial charge in [-0.05, 0) is 0 Å². The topological polar surface area (TPSA) is 43.1 Å². The van der Waals surface area contributed by atoms with Crippen molar-refractivity contribution in [1.82, 2.24) is 0 Å². The van der Waals surface area contributed by atoms with Crippen molar-refractivity contribution in [3.63, 3.8) is 0 Å². The van der Waals surface area contributed by atoms with Crippen LogP contribution < -0.4 is 5.50 Å². The van der Waals surface area contributed by atoms with Gasteiger partial charge >= 0.3 is 0 Å². The third-order valence-corrected chi connectivity index (χ3v) is 7.19. The van der Waals surface area contributed by atoms with Gasteiger partial charge in [-0.15, -0.1) is 13.2 Å². The summed E-state index contributed by atoms with van der Waals surface area (Å²) >= 11 is 2.50. The minimum atomic E-state index is -2.53. The van der Waals surface area contributed by atoms with Gasteiger partial charge in [0, 0.05) is 11.5 Å². The van der Waals surface area contributed by atoms with Crippen LogP contribution in [-0.4, -0.2) is 11.5 Å². The van der Waals surface area contributed by atoms with E-state index >= 15 is 0 Å². The molecule has 0 aliphatic heterocycles. The highest BCUT2D eigenvalue weighted by Crippen LogP contribution is 2.62. The molecule has 0 unspecified atom stereocenters. The molecule has 0 rings (SSSR count). The van der Waals surface area contributed by atoms with Gasteiger partial charge in [0.25, 0.3) is 5.70 Å². The number of rotatable bonds is 6. The lowest BCUT2D eigenvalue weighted by Crippen LogP contribution is -1.86. The lowest BCUT2D eigenvalue weighted by molar-refractivity contribution is 0.594. The van der Waals surface area contributed by atoms with Gasteiger partial charge in [-0.3, -0.25) is 10.1 Å². The lowest BCUT2D eigenvalue weighted by Gasteiger charge is -2.07. The molecule has 0 amide bonds. The van der Waals surface area contributed by atoms with E-state index in [0.717, 1.165) is 0 Å². The molecule has 2 N–H and O–H groups in total. The third kappa shape index (κ3) is 6.76. The zero-order valence-electron chi connectivity index (χ0n) is 6.23. The highest BCUT2D eigenvalue weighted by molar-refractivity contribution is 8.90. The Hall–Kier alpha value is 0.370. The molecule has 0 bridgehead atoms. The van der Waals surface area contributed by atoms with E-state index in [9.17, 15) is 4.57 Å². The molecular weight excluding hydrogens is 197 g/mol. The van der Waals surface area contributed by atoms with E-state index in [2.05, 4.69) is 13.2 Å². The summed E-state index contributed by atoms with van der Waals surface area (Å²) in [6.07, 6.45) is 3.39. The Kier molecular flexibility index (Phi) is 6.15. The first kappa shape index (κ1) is 11.4. The van der Waals surface area contributed by atoms with Gasteiger partial charge in [-0.2, -0.15) is 0 Å². The smallest absolute Gasteiger partial charge is 0.252 e. The van der Waals surface area contributed by atoms with Crippen molar-refractivity contribution in [3.8, 4) is 0 Å². The molecule has 0 saturated heterocycles. The fourth-order valence-electron chi connectivity index (χ4n) is 0.350. The third-order valence-electron chi connectivity index (χ3n) is 0.745. The van der Waals surface area contributed by atoms with E-state index in [1.807, 2.05) is 0 Å². The summed E-state index contributed by atoms with van der Waals surface area (Å²) in [5, 5.41) is 0. The van der Waals surface area contributed by atoms with Gasteiger partial charge in [0.15, 0.2) is 0 Å². The van der Waals surface area contributed by atoms with E-state index in [1.165, 1.54) is 22.8 Å². The standard InChI is InChI=1S/C6H12NOPS2/c1-3-5-10-9(7,8)11-6-4-2/h3-4H,1-2,5-6H2,(H2,7,8). The maximum atomic E-state index is 11.3. The highest BCUT2D eigenvalue weighted by Gasteiger charge is 2.14. The Bertz CT molecular complexity index is 167. The van der Waals surface area contributed by atoms with Crippen molar-refractivity contribution in [3.05, 3.63) is 25.3 Å². The molecule has 0 fully saturated rings. The zero-order chi connectivity index (χ0) is 8.74. The molecular formula is C6H12NOPS2. The zero-order valence-corrected chi connectivity index (χ0v) is 8.76. The summed E-state index contributed by atoms with van der Waals surface area (Å²) < 4.78 is 11.3. The maximum absolute atomic E-state index is 11.3. The molecule has 0 radical (unpaired) electrons. The Balaban J connectivity index is 3.69. The van der Waals surface area contributed by atoms with Gasteiger partial charge in [-0.25, -0.2) is 0 Å². The normalized spacial score (nSPS) is 11.0. The van der Waals surface area contributed by atoms with Gasteiger partial charge in [-0.1, -0.05) is 34.9 Å². The second-order valence-electron chi connectivity index (χ2n) is 1.71.